The van der Waals surface area contributed by atoms with E-state index in [-0.39, 0.29) is 5.97 Å². The van der Waals surface area contributed by atoms with E-state index in [1.54, 1.807) is 6.07 Å². The van der Waals surface area contributed by atoms with Gasteiger partial charge in [-0.15, -0.1) is 0 Å². The Balaban J connectivity index is 2.47. The molecule has 3 heteroatoms. The van der Waals surface area contributed by atoms with Gasteiger partial charge in [0.05, 0.1) is 0 Å². The molecule has 1 aliphatic rings. The monoisotopic (exact) mass is 164 g/mol. The minimum atomic E-state index is -0.541. The van der Waals surface area contributed by atoms with Gasteiger partial charge in [0.1, 0.15) is 5.75 Å². The van der Waals surface area contributed by atoms with Crippen molar-refractivity contribution in [1.29, 1.82) is 0 Å². The molecule has 0 N–H and O–H groups in total. The maximum atomic E-state index is 11.1. The smallest absolute Gasteiger partial charge is 0.345 e. The third kappa shape index (κ3) is 0.905. The predicted molar refractivity (Wildman–Crippen MR) is 41.8 cm³/mol. The number of carbonyl (C=O) groups excluding carboxylic acids is 1. The third-order valence-electron chi connectivity index (χ3n) is 1.86. The van der Waals surface area contributed by atoms with Crippen molar-refractivity contribution < 1.29 is 14.3 Å². The molecule has 1 unspecified atom stereocenters. The summed E-state index contributed by atoms with van der Waals surface area (Å²) < 4.78 is 9.92. The molecule has 0 fully saturated rings. The molecular weight excluding hydrogens is 156 g/mol. The molecule has 1 aromatic rings. The molecule has 0 saturated carbocycles. The Morgan fingerprint density at radius 1 is 1.42 bits per heavy atom. The van der Waals surface area contributed by atoms with E-state index in [0.29, 0.717) is 5.75 Å². The number of methoxy groups -OCH3 is 1. The Bertz CT molecular complexity index is 319. The van der Waals surface area contributed by atoms with Gasteiger partial charge in [-0.25, -0.2) is 4.79 Å². The van der Waals surface area contributed by atoms with Gasteiger partial charge in [0.2, 0.25) is 0 Å². The lowest BCUT2D eigenvalue weighted by molar-refractivity contribution is -0.142. The number of fused-ring (bicyclic) bond motifs is 1. The van der Waals surface area contributed by atoms with Crippen LogP contribution in [0.5, 0.6) is 5.75 Å². The largest absolute Gasteiger partial charge is 0.424 e. The van der Waals surface area contributed by atoms with Crippen LogP contribution in [-0.2, 0) is 9.53 Å². The molecule has 1 atom stereocenters. The zero-order chi connectivity index (χ0) is 8.55. The van der Waals surface area contributed by atoms with E-state index >= 15 is 0 Å². The fraction of sp³-hybridized carbons (Fsp3) is 0.222. The first-order chi connectivity index (χ1) is 5.83. The van der Waals surface area contributed by atoms with Gasteiger partial charge in [-0.3, -0.25) is 0 Å². The van der Waals surface area contributed by atoms with E-state index in [1.807, 2.05) is 18.2 Å². The quantitative estimate of drug-likeness (QED) is 0.463. The van der Waals surface area contributed by atoms with Crippen LogP contribution in [0, 0.1) is 0 Å². The van der Waals surface area contributed by atoms with Crippen LogP contribution in [0.25, 0.3) is 0 Å². The number of rotatable bonds is 1. The number of carbonyl (C=O) groups is 1. The van der Waals surface area contributed by atoms with Crippen LogP contribution in [0.15, 0.2) is 24.3 Å². The Kier molecular flexibility index (Phi) is 1.59. The van der Waals surface area contributed by atoms with Crippen molar-refractivity contribution in [1.82, 2.24) is 0 Å². The fourth-order valence-electron chi connectivity index (χ4n) is 1.30. The van der Waals surface area contributed by atoms with Gasteiger partial charge in [-0.1, -0.05) is 18.2 Å². The Morgan fingerprint density at radius 3 is 2.92 bits per heavy atom. The summed E-state index contributed by atoms with van der Waals surface area (Å²) in [5.41, 5.74) is 0.810. The number of para-hydroxylation sites is 1. The summed E-state index contributed by atoms with van der Waals surface area (Å²) in [5, 5.41) is 0. The van der Waals surface area contributed by atoms with Crippen LogP contribution in [0.1, 0.15) is 11.7 Å². The molecule has 0 bridgehead atoms. The van der Waals surface area contributed by atoms with E-state index in [4.69, 9.17) is 9.47 Å². The molecule has 0 aromatic heterocycles. The Morgan fingerprint density at radius 2 is 2.17 bits per heavy atom. The van der Waals surface area contributed by atoms with E-state index in [9.17, 15) is 4.79 Å². The number of hydrogen-bond acceptors (Lipinski definition) is 3. The second kappa shape index (κ2) is 2.60. The maximum Gasteiger partial charge on any atom is 0.345 e. The SMILES string of the molecule is COC1C(=O)Oc2ccccc21. The first-order valence-electron chi connectivity index (χ1n) is 3.66. The van der Waals surface area contributed by atoms with Gasteiger partial charge in [0.25, 0.3) is 0 Å². The summed E-state index contributed by atoms with van der Waals surface area (Å²) in [7, 11) is 1.49. The predicted octanol–water partition coefficient (Wildman–Crippen LogP) is 1.29. The molecule has 0 spiro atoms. The van der Waals surface area contributed by atoms with Gasteiger partial charge in [0, 0.05) is 12.7 Å². The van der Waals surface area contributed by atoms with Gasteiger partial charge in [-0.2, -0.15) is 0 Å². The van der Waals surface area contributed by atoms with E-state index in [2.05, 4.69) is 0 Å². The second-order valence-corrected chi connectivity index (χ2v) is 2.57. The number of benzene rings is 1. The van der Waals surface area contributed by atoms with E-state index < -0.39 is 6.10 Å². The van der Waals surface area contributed by atoms with Crippen LogP contribution >= 0.6 is 0 Å². The van der Waals surface area contributed by atoms with Crippen molar-refractivity contribution in [2.24, 2.45) is 0 Å². The first-order valence-corrected chi connectivity index (χ1v) is 3.66. The summed E-state index contributed by atoms with van der Waals surface area (Å²) in [6.07, 6.45) is -0.541. The van der Waals surface area contributed by atoms with Crippen LogP contribution < -0.4 is 4.74 Å². The molecule has 0 saturated heterocycles. The second-order valence-electron chi connectivity index (χ2n) is 2.57. The van der Waals surface area contributed by atoms with Crippen molar-refractivity contribution in [2.45, 2.75) is 6.10 Å². The summed E-state index contributed by atoms with van der Waals surface area (Å²) in [6.45, 7) is 0. The van der Waals surface area contributed by atoms with Gasteiger partial charge < -0.3 is 9.47 Å². The third-order valence-corrected chi connectivity index (χ3v) is 1.86. The average molecular weight is 164 g/mol. The molecule has 62 valence electrons. The van der Waals surface area contributed by atoms with Crippen LogP contribution in [-0.4, -0.2) is 13.1 Å². The standard InChI is InChI=1S/C9H8O3/c1-11-8-6-4-2-3-5-7(6)12-9(8)10/h2-5,8H,1H3. The highest BCUT2D eigenvalue weighted by atomic mass is 16.6. The molecular formula is C9H8O3. The molecule has 1 heterocycles. The average Bonchev–Trinajstić information content (AvgIpc) is 2.40. The topological polar surface area (TPSA) is 35.5 Å². The Labute approximate surface area is 69.9 Å². The summed E-state index contributed by atoms with van der Waals surface area (Å²) >= 11 is 0. The number of ether oxygens (including phenoxy) is 2. The molecule has 0 amide bonds. The molecule has 1 aromatic carbocycles. The summed E-state index contributed by atoms with van der Waals surface area (Å²) in [6, 6.07) is 7.26. The normalized spacial score (nSPS) is 20.4. The molecule has 12 heavy (non-hydrogen) atoms. The lowest BCUT2D eigenvalue weighted by atomic mass is 10.1. The lowest BCUT2D eigenvalue weighted by Crippen LogP contribution is -2.11. The maximum absolute atomic E-state index is 11.1. The van der Waals surface area contributed by atoms with E-state index in [0.717, 1.165) is 5.56 Å². The molecule has 0 aliphatic carbocycles. The summed E-state index contributed by atoms with van der Waals surface area (Å²) in [5.74, 6) is 0.271. The minimum Gasteiger partial charge on any atom is -0.424 e. The highest BCUT2D eigenvalue weighted by Crippen LogP contribution is 2.34. The van der Waals surface area contributed by atoms with Crippen LogP contribution in [0.2, 0.25) is 0 Å². The number of hydrogen-bond donors (Lipinski definition) is 0. The van der Waals surface area contributed by atoms with Gasteiger partial charge >= 0.3 is 5.97 Å². The summed E-state index contributed by atoms with van der Waals surface area (Å²) in [4.78, 5) is 11.1. The zero-order valence-electron chi connectivity index (χ0n) is 6.61. The zero-order valence-corrected chi connectivity index (χ0v) is 6.61. The van der Waals surface area contributed by atoms with Crippen molar-refractivity contribution in [3.05, 3.63) is 29.8 Å². The van der Waals surface area contributed by atoms with Crippen molar-refractivity contribution in [3.8, 4) is 5.75 Å². The molecule has 1 aliphatic heterocycles. The molecule has 2 rings (SSSR count). The first kappa shape index (κ1) is 7.31. The minimum absolute atomic E-state index is 0.335. The van der Waals surface area contributed by atoms with Gasteiger partial charge in [0.15, 0.2) is 6.10 Å². The molecule has 3 nitrogen and oxygen atoms in total. The molecule has 0 radical (unpaired) electrons. The van der Waals surface area contributed by atoms with Gasteiger partial charge in [-0.05, 0) is 6.07 Å². The highest BCUT2D eigenvalue weighted by molar-refractivity contribution is 5.84. The van der Waals surface area contributed by atoms with Crippen LogP contribution in [0.4, 0.5) is 0 Å². The van der Waals surface area contributed by atoms with Crippen molar-refractivity contribution in [2.75, 3.05) is 7.11 Å². The van der Waals surface area contributed by atoms with E-state index in [1.165, 1.54) is 7.11 Å². The number of esters is 1. The van der Waals surface area contributed by atoms with Crippen molar-refractivity contribution >= 4 is 5.97 Å². The highest BCUT2D eigenvalue weighted by Gasteiger charge is 2.32. The fourth-order valence-corrected chi connectivity index (χ4v) is 1.30. The van der Waals surface area contributed by atoms with Crippen LogP contribution in [0.3, 0.4) is 0 Å². The Hall–Kier alpha value is -1.35. The van der Waals surface area contributed by atoms with Crippen molar-refractivity contribution in [3.63, 3.8) is 0 Å². The lowest BCUT2D eigenvalue weighted by Gasteiger charge is -2.01.